The van der Waals surface area contributed by atoms with E-state index in [1.54, 1.807) is 23.9 Å². The predicted octanol–water partition coefficient (Wildman–Crippen LogP) is 2.82. The molecule has 0 atom stereocenters. The monoisotopic (exact) mass is 304 g/mol. The van der Waals surface area contributed by atoms with Crippen molar-refractivity contribution in [1.82, 2.24) is 9.78 Å². The van der Waals surface area contributed by atoms with Crippen molar-refractivity contribution >= 4 is 11.4 Å². The molecule has 1 heterocycles. The number of hydrogen-bond donors (Lipinski definition) is 1. The van der Waals surface area contributed by atoms with E-state index in [0.717, 1.165) is 34.8 Å². The number of aryl methyl sites for hydroxylation is 3. The van der Waals surface area contributed by atoms with Crippen molar-refractivity contribution in [3.8, 4) is 5.88 Å². The van der Waals surface area contributed by atoms with Gasteiger partial charge in [-0.25, -0.2) is 4.68 Å². The van der Waals surface area contributed by atoms with Crippen molar-refractivity contribution in [2.45, 2.75) is 26.8 Å². The SMILES string of the molecule is CCc1nn(C)c(OC)c1CNc1ccc([N+](=O)[O-])cc1C. The molecule has 0 saturated carbocycles. The Bertz CT molecular complexity index is 694. The second-order valence-corrected chi connectivity index (χ2v) is 5.02. The first kappa shape index (κ1) is 15.8. The van der Waals surface area contributed by atoms with Crippen molar-refractivity contribution in [3.05, 3.63) is 45.1 Å². The zero-order valence-electron chi connectivity index (χ0n) is 13.2. The maximum atomic E-state index is 10.8. The number of benzene rings is 1. The molecule has 0 aliphatic heterocycles. The Labute approximate surface area is 129 Å². The molecule has 1 aromatic carbocycles. The largest absolute Gasteiger partial charge is 0.481 e. The Morgan fingerprint density at radius 2 is 2.18 bits per heavy atom. The minimum absolute atomic E-state index is 0.0938. The van der Waals surface area contributed by atoms with E-state index in [1.165, 1.54) is 6.07 Å². The molecule has 7 nitrogen and oxygen atoms in total. The molecule has 0 aliphatic rings. The van der Waals surface area contributed by atoms with Gasteiger partial charge in [-0.05, 0) is 25.0 Å². The van der Waals surface area contributed by atoms with Gasteiger partial charge >= 0.3 is 0 Å². The first-order valence-electron chi connectivity index (χ1n) is 7.05. The van der Waals surface area contributed by atoms with Crippen LogP contribution < -0.4 is 10.1 Å². The number of nitro benzene ring substituents is 1. The van der Waals surface area contributed by atoms with E-state index in [0.29, 0.717) is 6.54 Å². The van der Waals surface area contributed by atoms with Crippen LogP contribution in [0.25, 0.3) is 0 Å². The van der Waals surface area contributed by atoms with Crippen molar-refractivity contribution < 1.29 is 9.66 Å². The maximum absolute atomic E-state index is 10.8. The third-order valence-corrected chi connectivity index (χ3v) is 3.58. The summed E-state index contributed by atoms with van der Waals surface area (Å²) in [5.41, 5.74) is 3.77. The summed E-state index contributed by atoms with van der Waals surface area (Å²) in [6.07, 6.45) is 0.813. The number of nitrogens with one attached hydrogen (secondary N) is 1. The van der Waals surface area contributed by atoms with E-state index < -0.39 is 4.92 Å². The van der Waals surface area contributed by atoms with Crippen molar-refractivity contribution in [1.29, 1.82) is 0 Å². The molecular formula is C15H20N4O3. The van der Waals surface area contributed by atoms with Gasteiger partial charge in [0.2, 0.25) is 5.88 Å². The Kier molecular flexibility index (Phi) is 4.65. The van der Waals surface area contributed by atoms with Gasteiger partial charge in [0.05, 0.1) is 23.3 Å². The molecule has 118 valence electrons. The van der Waals surface area contributed by atoms with Crippen LogP contribution in [0.3, 0.4) is 0 Å². The molecule has 7 heteroatoms. The lowest BCUT2D eigenvalue weighted by atomic mass is 10.1. The topological polar surface area (TPSA) is 82.2 Å². The predicted molar refractivity (Wildman–Crippen MR) is 84.3 cm³/mol. The summed E-state index contributed by atoms with van der Waals surface area (Å²) in [6, 6.07) is 4.78. The normalized spacial score (nSPS) is 10.5. The van der Waals surface area contributed by atoms with Gasteiger partial charge < -0.3 is 10.1 Å². The molecular weight excluding hydrogens is 284 g/mol. The molecule has 2 rings (SSSR count). The molecule has 1 N–H and O–H groups in total. The first-order chi connectivity index (χ1) is 10.5. The summed E-state index contributed by atoms with van der Waals surface area (Å²) in [6.45, 7) is 4.44. The molecule has 0 fully saturated rings. The maximum Gasteiger partial charge on any atom is 0.269 e. The second-order valence-electron chi connectivity index (χ2n) is 5.02. The minimum atomic E-state index is -0.393. The number of ether oxygens (including phenoxy) is 1. The number of nitro groups is 1. The zero-order valence-corrected chi connectivity index (χ0v) is 13.2. The fourth-order valence-corrected chi connectivity index (χ4v) is 2.47. The van der Waals surface area contributed by atoms with Crippen LogP contribution in [0, 0.1) is 17.0 Å². The summed E-state index contributed by atoms with van der Waals surface area (Å²) in [5.74, 6) is 0.726. The number of hydrogen-bond acceptors (Lipinski definition) is 5. The molecule has 0 saturated heterocycles. The Hall–Kier alpha value is -2.57. The highest BCUT2D eigenvalue weighted by Crippen LogP contribution is 2.25. The molecule has 0 bridgehead atoms. The van der Waals surface area contributed by atoms with Crippen molar-refractivity contribution in [2.75, 3.05) is 12.4 Å². The molecule has 0 amide bonds. The standard InChI is InChI=1S/C15H20N4O3/c1-5-13-12(15(22-4)18(3)17-13)9-16-14-7-6-11(19(20)21)8-10(14)2/h6-8,16H,5,9H2,1-4H3. The summed E-state index contributed by atoms with van der Waals surface area (Å²) < 4.78 is 7.12. The number of anilines is 1. The van der Waals surface area contributed by atoms with Gasteiger partial charge in [0, 0.05) is 31.4 Å². The fraction of sp³-hybridized carbons (Fsp3) is 0.400. The number of aromatic nitrogens is 2. The number of nitrogens with zero attached hydrogens (tertiary/aromatic N) is 3. The Balaban J connectivity index is 2.22. The van der Waals surface area contributed by atoms with Gasteiger partial charge in [0.1, 0.15) is 0 Å². The minimum Gasteiger partial charge on any atom is -0.481 e. The van der Waals surface area contributed by atoms with E-state index >= 15 is 0 Å². The smallest absolute Gasteiger partial charge is 0.269 e. The lowest BCUT2D eigenvalue weighted by Gasteiger charge is -2.10. The molecule has 0 aliphatic carbocycles. The average Bonchev–Trinajstić information content (AvgIpc) is 2.80. The molecule has 1 aromatic heterocycles. The first-order valence-corrected chi connectivity index (χ1v) is 7.05. The highest BCUT2D eigenvalue weighted by Gasteiger charge is 2.16. The van der Waals surface area contributed by atoms with E-state index in [1.807, 2.05) is 20.9 Å². The molecule has 0 unspecified atom stereocenters. The van der Waals surface area contributed by atoms with Gasteiger partial charge in [-0.3, -0.25) is 10.1 Å². The Morgan fingerprint density at radius 1 is 1.45 bits per heavy atom. The van der Waals surface area contributed by atoms with Crippen molar-refractivity contribution in [2.24, 2.45) is 7.05 Å². The van der Waals surface area contributed by atoms with Gasteiger partial charge in [-0.15, -0.1) is 0 Å². The lowest BCUT2D eigenvalue weighted by molar-refractivity contribution is -0.384. The van der Waals surface area contributed by atoms with Crippen LogP contribution in [0.4, 0.5) is 11.4 Å². The van der Waals surface area contributed by atoms with Crippen LogP contribution in [0.2, 0.25) is 0 Å². The summed E-state index contributed by atoms with van der Waals surface area (Å²) in [7, 11) is 3.47. The molecule has 0 spiro atoms. The summed E-state index contributed by atoms with van der Waals surface area (Å²) in [5, 5.41) is 18.5. The quantitative estimate of drug-likeness (QED) is 0.655. The van der Waals surface area contributed by atoms with E-state index in [2.05, 4.69) is 10.4 Å². The van der Waals surface area contributed by atoms with E-state index in [-0.39, 0.29) is 5.69 Å². The molecule has 0 radical (unpaired) electrons. The highest BCUT2D eigenvalue weighted by atomic mass is 16.6. The summed E-state index contributed by atoms with van der Waals surface area (Å²) >= 11 is 0. The second kappa shape index (κ2) is 6.46. The average molecular weight is 304 g/mol. The van der Waals surface area contributed by atoms with Crippen LogP contribution in [-0.4, -0.2) is 21.8 Å². The zero-order chi connectivity index (χ0) is 16.3. The highest BCUT2D eigenvalue weighted by molar-refractivity contribution is 5.56. The number of methoxy groups -OCH3 is 1. The van der Waals surface area contributed by atoms with Crippen LogP contribution >= 0.6 is 0 Å². The third-order valence-electron chi connectivity index (χ3n) is 3.58. The van der Waals surface area contributed by atoms with Gasteiger partial charge in [-0.1, -0.05) is 6.92 Å². The van der Waals surface area contributed by atoms with E-state index in [9.17, 15) is 10.1 Å². The summed E-state index contributed by atoms with van der Waals surface area (Å²) in [4.78, 5) is 10.4. The fourth-order valence-electron chi connectivity index (χ4n) is 2.47. The van der Waals surface area contributed by atoms with Crippen LogP contribution in [0.1, 0.15) is 23.7 Å². The molecule has 22 heavy (non-hydrogen) atoms. The molecule has 2 aromatic rings. The van der Waals surface area contributed by atoms with Crippen molar-refractivity contribution in [3.63, 3.8) is 0 Å². The van der Waals surface area contributed by atoms with Crippen LogP contribution in [0.5, 0.6) is 5.88 Å². The number of rotatable bonds is 6. The number of non-ortho nitro benzene ring substituents is 1. The van der Waals surface area contributed by atoms with Gasteiger partial charge in [0.15, 0.2) is 0 Å². The van der Waals surface area contributed by atoms with Crippen LogP contribution in [-0.2, 0) is 20.0 Å². The third kappa shape index (κ3) is 3.03. The Morgan fingerprint density at radius 3 is 2.73 bits per heavy atom. The van der Waals surface area contributed by atoms with E-state index in [4.69, 9.17) is 4.74 Å². The lowest BCUT2D eigenvalue weighted by Crippen LogP contribution is -2.05. The van der Waals surface area contributed by atoms with Gasteiger partial charge in [-0.2, -0.15) is 5.10 Å². The van der Waals surface area contributed by atoms with Gasteiger partial charge in [0.25, 0.3) is 5.69 Å². The van der Waals surface area contributed by atoms with Crippen LogP contribution in [0.15, 0.2) is 18.2 Å².